The van der Waals surface area contributed by atoms with Gasteiger partial charge in [-0.2, -0.15) is 0 Å². The quantitative estimate of drug-likeness (QED) is 0.787. The molecule has 0 saturated heterocycles. The van der Waals surface area contributed by atoms with Crippen molar-refractivity contribution >= 4 is 11.6 Å². The molecule has 0 atom stereocenters. The van der Waals surface area contributed by atoms with Crippen LogP contribution in [0.2, 0.25) is 5.15 Å². The Kier molecular flexibility index (Phi) is 4.38. The summed E-state index contributed by atoms with van der Waals surface area (Å²) in [6.07, 6.45) is 0.866. The molecule has 0 fully saturated rings. The van der Waals surface area contributed by atoms with E-state index in [0.717, 1.165) is 29.3 Å². The van der Waals surface area contributed by atoms with Crippen molar-refractivity contribution in [3.8, 4) is 17.0 Å². The smallest absolute Gasteiger partial charge is 0.133 e. The van der Waals surface area contributed by atoms with Crippen molar-refractivity contribution < 1.29 is 4.74 Å². The summed E-state index contributed by atoms with van der Waals surface area (Å²) in [5.74, 6) is 1.55. The molecule has 0 N–H and O–H groups in total. The summed E-state index contributed by atoms with van der Waals surface area (Å²) < 4.78 is 5.81. The van der Waals surface area contributed by atoms with E-state index in [9.17, 15) is 0 Å². The van der Waals surface area contributed by atoms with Crippen LogP contribution in [0.3, 0.4) is 0 Å². The van der Waals surface area contributed by atoms with E-state index < -0.39 is 0 Å². The predicted molar refractivity (Wildman–Crippen MR) is 77.6 cm³/mol. The van der Waals surface area contributed by atoms with Crippen molar-refractivity contribution in [2.75, 3.05) is 0 Å². The zero-order valence-electron chi connectivity index (χ0n) is 11.4. The second kappa shape index (κ2) is 6.02. The Morgan fingerprint density at radius 2 is 1.95 bits per heavy atom. The number of aryl methyl sites for hydroxylation is 1. The second-order valence-corrected chi connectivity index (χ2v) is 4.90. The first-order chi connectivity index (χ1) is 9.10. The van der Waals surface area contributed by atoms with Crippen LogP contribution in [0.4, 0.5) is 0 Å². The van der Waals surface area contributed by atoms with Crippen LogP contribution >= 0.6 is 11.6 Å². The van der Waals surface area contributed by atoms with Crippen LogP contribution in [0.1, 0.15) is 26.6 Å². The summed E-state index contributed by atoms with van der Waals surface area (Å²) in [6.45, 7) is 6.01. The maximum atomic E-state index is 6.04. The van der Waals surface area contributed by atoms with Crippen molar-refractivity contribution in [3.63, 3.8) is 0 Å². The minimum absolute atomic E-state index is 0.115. The Morgan fingerprint density at radius 3 is 2.63 bits per heavy atom. The highest BCUT2D eigenvalue weighted by Crippen LogP contribution is 2.30. The lowest BCUT2D eigenvalue weighted by molar-refractivity contribution is 0.243. The fourth-order valence-electron chi connectivity index (χ4n) is 1.80. The predicted octanol–water partition coefficient (Wildman–Crippen LogP) is 4.15. The molecule has 1 heterocycles. The number of hydrogen-bond donors (Lipinski definition) is 0. The monoisotopic (exact) mass is 276 g/mol. The third-order valence-electron chi connectivity index (χ3n) is 2.58. The highest BCUT2D eigenvalue weighted by molar-refractivity contribution is 6.29. The Labute approximate surface area is 118 Å². The maximum Gasteiger partial charge on any atom is 0.133 e. The fraction of sp³-hybridized carbons (Fsp3) is 0.333. The molecule has 0 amide bonds. The average molecular weight is 277 g/mol. The van der Waals surface area contributed by atoms with Crippen molar-refractivity contribution in [2.45, 2.75) is 33.3 Å². The van der Waals surface area contributed by atoms with Crippen LogP contribution < -0.4 is 4.74 Å². The molecule has 0 saturated carbocycles. The minimum atomic E-state index is 0.115. The van der Waals surface area contributed by atoms with Crippen LogP contribution in [-0.2, 0) is 6.42 Å². The first kappa shape index (κ1) is 13.8. The number of aromatic nitrogens is 2. The van der Waals surface area contributed by atoms with Crippen LogP contribution in [-0.4, -0.2) is 16.1 Å². The van der Waals surface area contributed by atoms with Gasteiger partial charge >= 0.3 is 0 Å². The second-order valence-electron chi connectivity index (χ2n) is 4.51. The van der Waals surface area contributed by atoms with E-state index >= 15 is 0 Å². The molecule has 1 aromatic heterocycles. The van der Waals surface area contributed by atoms with Gasteiger partial charge in [0.05, 0.1) is 11.8 Å². The van der Waals surface area contributed by atoms with Crippen molar-refractivity contribution in [1.29, 1.82) is 0 Å². The van der Waals surface area contributed by atoms with Crippen LogP contribution in [0.15, 0.2) is 30.3 Å². The lowest BCUT2D eigenvalue weighted by atomic mass is 10.1. The molecule has 4 heteroatoms. The Hall–Kier alpha value is -1.61. The maximum absolute atomic E-state index is 6.04. The highest BCUT2D eigenvalue weighted by atomic mass is 35.5. The number of hydrogen-bond acceptors (Lipinski definition) is 3. The van der Waals surface area contributed by atoms with Gasteiger partial charge in [-0.1, -0.05) is 30.7 Å². The number of halogens is 1. The normalized spacial score (nSPS) is 10.8. The van der Waals surface area contributed by atoms with E-state index in [-0.39, 0.29) is 6.10 Å². The molecule has 3 nitrogen and oxygen atoms in total. The van der Waals surface area contributed by atoms with E-state index in [2.05, 4.69) is 9.97 Å². The van der Waals surface area contributed by atoms with Gasteiger partial charge in [-0.3, -0.25) is 0 Å². The molecular formula is C15H17ClN2O. The molecule has 0 spiro atoms. The number of benzene rings is 1. The van der Waals surface area contributed by atoms with Crippen molar-refractivity contribution in [2.24, 2.45) is 0 Å². The molecule has 1 aromatic carbocycles. The average Bonchev–Trinajstić information content (AvgIpc) is 2.38. The molecule has 2 aromatic rings. The summed E-state index contributed by atoms with van der Waals surface area (Å²) in [4.78, 5) is 8.70. The molecular weight excluding hydrogens is 260 g/mol. The Bertz CT molecular complexity index is 570. The van der Waals surface area contributed by atoms with Gasteiger partial charge in [0.15, 0.2) is 0 Å². The summed E-state index contributed by atoms with van der Waals surface area (Å²) >= 11 is 6.04. The largest absolute Gasteiger partial charge is 0.490 e. The Morgan fingerprint density at radius 1 is 1.21 bits per heavy atom. The number of para-hydroxylation sites is 1. The van der Waals surface area contributed by atoms with Gasteiger partial charge in [-0.15, -0.1) is 0 Å². The fourth-order valence-corrected chi connectivity index (χ4v) is 2.00. The van der Waals surface area contributed by atoms with E-state index in [1.54, 1.807) is 6.07 Å². The minimum Gasteiger partial charge on any atom is -0.490 e. The number of nitrogens with zero attached hydrogens (tertiary/aromatic N) is 2. The van der Waals surface area contributed by atoms with Crippen LogP contribution in [0, 0.1) is 0 Å². The molecule has 0 radical (unpaired) electrons. The van der Waals surface area contributed by atoms with Gasteiger partial charge < -0.3 is 4.74 Å². The topological polar surface area (TPSA) is 35.0 Å². The van der Waals surface area contributed by atoms with Gasteiger partial charge in [-0.05, 0) is 26.0 Å². The molecule has 0 aliphatic heterocycles. The third kappa shape index (κ3) is 3.44. The van der Waals surface area contributed by atoms with E-state index in [1.165, 1.54) is 0 Å². The van der Waals surface area contributed by atoms with Gasteiger partial charge in [-0.25, -0.2) is 9.97 Å². The van der Waals surface area contributed by atoms with Gasteiger partial charge in [0, 0.05) is 18.1 Å². The standard InChI is InChI=1S/C15H17ClN2O/c1-4-15-17-12(9-14(16)18-15)11-7-5-6-8-13(11)19-10(2)3/h5-10H,4H2,1-3H3. The zero-order chi connectivity index (χ0) is 13.8. The first-order valence-electron chi connectivity index (χ1n) is 6.39. The first-order valence-corrected chi connectivity index (χ1v) is 6.77. The molecule has 0 bridgehead atoms. The SMILES string of the molecule is CCc1nc(Cl)cc(-c2ccccc2OC(C)C)n1. The third-order valence-corrected chi connectivity index (χ3v) is 2.78. The summed E-state index contributed by atoms with van der Waals surface area (Å²) in [5.41, 5.74) is 1.74. The van der Waals surface area contributed by atoms with E-state index in [4.69, 9.17) is 16.3 Å². The molecule has 0 aliphatic rings. The van der Waals surface area contributed by atoms with Crippen molar-refractivity contribution in [1.82, 2.24) is 9.97 Å². The molecule has 2 rings (SSSR count). The summed E-state index contributed by atoms with van der Waals surface area (Å²) in [7, 11) is 0. The Balaban J connectivity index is 2.49. The lowest BCUT2D eigenvalue weighted by Gasteiger charge is -2.14. The molecule has 0 aliphatic carbocycles. The van der Waals surface area contributed by atoms with E-state index in [1.807, 2.05) is 45.0 Å². The van der Waals surface area contributed by atoms with Crippen molar-refractivity contribution in [3.05, 3.63) is 41.3 Å². The van der Waals surface area contributed by atoms with Crippen LogP contribution in [0.25, 0.3) is 11.3 Å². The summed E-state index contributed by atoms with van der Waals surface area (Å²) in [5, 5.41) is 0.459. The molecule has 19 heavy (non-hydrogen) atoms. The number of ether oxygens (including phenoxy) is 1. The molecule has 100 valence electrons. The highest BCUT2D eigenvalue weighted by Gasteiger charge is 2.10. The lowest BCUT2D eigenvalue weighted by Crippen LogP contribution is -2.07. The van der Waals surface area contributed by atoms with Gasteiger partial charge in [0.25, 0.3) is 0 Å². The zero-order valence-corrected chi connectivity index (χ0v) is 12.1. The van der Waals surface area contributed by atoms with Gasteiger partial charge in [0.2, 0.25) is 0 Å². The molecule has 0 unspecified atom stereocenters. The van der Waals surface area contributed by atoms with E-state index in [0.29, 0.717) is 5.15 Å². The van der Waals surface area contributed by atoms with Crippen LogP contribution in [0.5, 0.6) is 5.75 Å². The number of rotatable bonds is 4. The van der Waals surface area contributed by atoms with Gasteiger partial charge in [0.1, 0.15) is 16.7 Å². The summed E-state index contributed by atoms with van der Waals surface area (Å²) in [6, 6.07) is 9.60.